The molecule has 0 aromatic heterocycles. The topological polar surface area (TPSA) is 44.5 Å². The Kier molecular flexibility index (Phi) is 6.62. The average molecular weight is 269 g/mol. The van der Waals surface area contributed by atoms with E-state index < -0.39 is 0 Å². The van der Waals surface area contributed by atoms with Gasteiger partial charge < -0.3 is 15.2 Å². The third-order valence-corrected chi connectivity index (χ3v) is 4.90. The van der Waals surface area contributed by atoms with Gasteiger partial charge in [0.25, 0.3) is 0 Å². The van der Waals surface area contributed by atoms with Crippen molar-refractivity contribution < 1.29 is 9.47 Å². The van der Waals surface area contributed by atoms with Crippen molar-refractivity contribution in [3.8, 4) is 0 Å². The summed E-state index contributed by atoms with van der Waals surface area (Å²) < 4.78 is 11.4. The number of rotatable bonds is 7. The molecule has 1 saturated carbocycles. The Morgan fingerprint density at radius 3 is 2.58 bits per heavy atom. The summed E-state index contributed by atoms with van der Waals surface area (Å²) in [6, 6.07) is 0.203. The van der Waals surface area contributed by atoms with Gasteiger partial charge in [0.15, 0.2) is 0 Å². The van der Waals surface area contributed by atoms with Crippen LogP contribution in [-0.4, -0.2) is 32.0 Å². The maximum Gasteiger partial charge on any atom is 0.0750 e. The Balaban J connectivity index is 1.68. The summed E-state index contributed by atoms with van der Waals surface area (Å²) in [5, 5.41) is 0. The van der Waals surface area contributed by atoms with Crippen LogP contribution in [0.1, 0.15) is 64.2 Å². The third kappa shape index (κ3) is 4.73. The van der Waals surface area contributed by atoms with Gasteiger partial charge in [-0.15, -0.1) is 0 Å². The molecule has 1 aliphatic carbocycles. The first kappa shape index (κ1) is 15.3. The fourth-order valence-corrected chi connectivity index (χ4v) is 3.80. The lowest BCUT2D eigenvalue weighted by Crippen LogP contribution is -2.42. The number of hydrogen-bond donors (Lipinski definition) is 1. The summed E-state index contributed by atoms with van der Waals surface area (Å²) in [6.45, 7) is 0.958. The molecule has 0 aromatic rings. The Hall–Kier alpha value is -0.120. The van der Waals surface area contributed by atoms with E-state index >= 15 is 0 Å². The SMILES string of the molecule is COC(C(N)CCCC1CCCO1)C1CCCCC1. The van der Waals surface area contributed by atoms with E-state index in [1.807, 2.05) is 7.11 Å². The molecule has 1 aliphatic heterocycles. The van der Waals surface area contributed by atoms with E-state index in [0.29, 0.717) is 12.0 Å². The second-order valence-electron chi connectivity index (χ2n) is 6.33. The van der Waals surface area contributed by atoms with Gasteiger partial charge in [-0.2, -0.15) is 0 Å². The lowest BCUT2D eigenvalue weighted by Gasteiger charge is -2.33. The van der Waals surface area contributed by atoms with Crippen molar-refractivity contribution in [3.05, 3.63) is 0 Å². The molecule has 0 radical (unpaired) electrons. The fourth-order valence-electron chi connectivity index (χ4n) is 3.80. The van der Waals surface area contributed by atoms with Gasteiger partial charge in [0, 0.05) is 19.8 Å². The number of nitrogens with two attached hydrogens (primary N) is 1. The Morgan fingerprint density at radius 2 is 1.95 bits per heavy atom. The van der Waals surface area contributed by atoms with Crippen molar-refractivity contribution in [1.29, 1.82) is 0 Å². The molecule has 1 heterocycles. The van der Waals surface area contributed by atoms with Gasteiger partial charge in [-0.25, -0.2) is 0 Å². The molecule has 0 amide bonds. The maximum atomic E-state index is 6.38. The van der Waals surface area contributed by atoms with Gasteiger partial charge >= 0.3 is 0 Å². The first-order valence-corrected chi connectivity index (χ1v) is 8.21. The molecule has 3 nitrogen and oxygen atoms in total. The molecule has 0 aromatic carbocycles. The molecule has 2 fully saturated rings. The Morgan fingerprint density at radius 1 is 1.16 bits per heavy atom. The molecule has 2 N–H and O–H groups in total. The molecule has 2 rings (SSSR count). The van der Waals surface area contributed by atoms with Crippen LogP contribution >= 0.6 is 0 Å². The van der Waals surface area contributed by atoms with Gasteiger partial charge in [0.05, 0.1) is 12.2 Å². The van der Waals surface area contributed by atoms with Crippen molar-refractivity contribution in [2.75, 3.05) is 13.7 Å². The quantitative estimate of drug-likeness (QED) is 0.771. The zero-order valence-corrected chi connectivity index (χ0v) is 12.5. The van der Waals surface area contributed by atoms with Gasteiger partial charge in [-0.1, -0.05) is 19.3 Å². The number of ether oxygens (including phenoxy) is 2. The maximum absolute atomic E-state index is 6.38. The molecule has 3 unspecified atom stereocenters. The third-order valence-electron chi connectivity index (χ3n) is 4.90. The van der Waals surface area contributed by atoms with E-state index in [0.717, 1.165) is 13.0 Å². The van der Waals surface area contributed by atoms with Gasteiger partial charge in [-0.3, -0.25) is 0 Å². The molecule has 1 saturated heterocycles. The smallest absolute Gasteiger partial charge is 0.0750 e. The minimum absolute atomic E-state index is 0.203. The summed E-state index contributed by atoms with van der Waals surface area (Å²) in [7, 11) is 1.83. The van der Waals surface area contributed by atoms with Crippen molar-refractivity contribution in [2.45, 2.75) is 82.5 Å². The van der Waals surface area contributed by atoms with E-state index in [1.54, 1.807) is 0 Å². The Bertz CT molecular complexity index is 235. The van der Waals surface area contributed by atoms with E-state index in [9.17, 15) is 0 Å². The minimum Gasteiger partial charge on any atom is -0.380 e. The van der Waals surface area contributed by atoms with Gasteiger partial charge in [0.1, 0.15) is 0 Å². The highest BCUT2D eigenvalue weighted by Gasteiger charge is 2.28. The second kappa shape index (κ2) is 8.23. The molecule has 0 spiro atoms. The van der Waals surface area contributed by atoms with Crippen molar-refractivity contribution in [3.63, 3.8) is 0 Å². The van der Waals surface area contributed by atoms with Crippen LogP contribution in [0.15, 0.2) is 0 Å². The van der Waals surface area contributed by atoms with Crippen LogP contribution in [-0.2, 0) is 9.47 Å². The van der Waals surface area contributed by atoms with Crippen LogP contribution in [0.4, 0.5) is 0 Å². The second-order valence-corrected chi connectivity index (χ2v) is 6.33. The predicted octanol–water partition coefficient (Wildman–Crippen LogP) is 3.26. The zero-order valence-electron chi connectivity index (χ0n) is 12.5. The summed E-state index contributed by atoms with van der Waals surface area (Å²) in [5.41, 5.74) is 6.38. The first-order chi connectivity index (χ1) is 9.31. The molecular formula is C16H31NO2. The van der Waals surface area contributed by atoms with Crippen LogP contribution in [0.2, 0.25) is 0 Å². The number of methoxy groups -OCH3 is 1. The summed E-state index contributed by atoms with van der Waals surface area (Å²) >= 11 is 0. The van der Waals surface area contributed by atoms with Crippen molar-refractivity contribution in [2.24, 2.45) is 11.7 Å². The standard InChI is InChI=1S/C16H31NO2/c1-18-16(13-7-3-2-4-8-13)15(17)11-5-9-14-10-6-12-19-14/h13-16H,2-12,17H2,1H3. The molecule has 3 atom stereocenters. The molecule has 112 valence electrons. The Labute approximate surface area is 118 Å². The van der Waals surface area contributed by atoms with Crippen LogP contribution in [0, 0.1) is 5.92 Å². The predicted molar refractivity (Wildman–Crippen MR) is 78.2 cm³/mol. The largest absolute Gasteiger partial charge is 0.380 e. The van der Waals surface area contributed by atoms with Crippen LogP contribution in [0.3, 0.4) is 0 Å². The fraction of sp³-hybridized carbons (Fsp3) is 1.00. The summed E-state index contributed by atoms with van der Waals surface area (Å²) in [5.74, 6) is 0.691. The van der Waals surface area contributed by atoms with Crippen molar-refractivity contribution in [1.82, 2.24) is 0 Å². The average Bonchev–Trinajstić information content (AvgIpc) is 2.94. The zero-order chi connectivity index (χ0) is 13.5. The lowest BCUT2D eigenvalue weighted by atomic mass is 9.81. The van der Waals surface area contributed by atoms with Crippen LogP contribution in [0.5, 0.6) is 0 Å². The van der Waals surface area contributed by atoms with E-state index in [2.05, 4.69) is 0 Å². The summed E-state index contributed by atoms with van der Waals surface area (Å²) in [4.78, 5) is 0. The summed E-state index contributed by atoms with van der Waals surface area (Å²) in [6.07, 6.45) is 13.4. The molecule has 0 bridgehead atoms. The minimum atomic E-state index is 0.203. The highest BCUT2D eigenvalue weighted by Crippen LogP contribution is 2.30. The normalized spacial score (nSPS) is 28.4. The van der Waals surface area contributed by atoms with Crippen LogP contribution < -0.4 is 5.73 Å². The molecule has 2 aliphatic rings. The monoisotopic (exact) mass is 269 g/mol. The van der Waals surface area contributed by atoms with E-state index in [4.69, 9.17) is 15.2 Å². The molecular weight excluding hydrogens is 238 g/mol. The lowest BCUT2D eigenvalue weighted by molar-refractivity contribution is 0.0142. The highest BCUT2D eigenvalue weighted by atomic mass is 16.5. The van der Waals surface area contributed by atoms with Crippen LogP contribution in [0.25, 0.3) is 0 Å². The van der Waals surface area contributed by atoms with E-state index in [1.165, 1.54) is 57.8 Å². The molecule has 19 heavy (non-hydrogen) atoms. The molecule has 3 heteroatoms. The van der Waals surface area contributed by atoms with Gasteiger partial charge in [0.2, 0.25) is 0 Å². The van der Waals surface area contributed by atoms with E-state index in [-0.39, 0.29) is 12.1 Å². The number of hydrogen-bond acceptors (Lipinski definition) is 3. The van der Waals surface area contributed by atoms with Crippen molar-refractivity contribution >= 4 is 0 Å². The highest BCUT2D eigenvalue weighted by molar-refractivity contribution is 4.83. The van der Waals surface area contributed by atoms with Gasteiger partial charge in [-0.05, 0) is 50.9 Å². The first-order valence-electron chi connectivity index (χ1n) is 8.21.